The Labute approximate surface area is 163 Å². The molecule has 3 aromatic heterocycles. The molecule has 1 aliphatic heterocycles. The summed E-state index contributed by atoms with van der Waals surface area (Å²) in [5, 5.41) is 2.76. The van der Waals surface area contributed by atoms with Gasteiger partial charge in [-0.3, -0.25) is 4.79 Å². The van der Waals surface area contributed by atoms with E-state index in [-0.39, 0.29) is 16.4 Å². The van der Waals surface area contributed by atoms with Crippen LogP contribution in [0.25, 0.3) is 5.65 Å². The molecule has 0 radical (unpaired) electrons. The van der Waals surface area contributed by atoms with E-state index in [0.29, 0.717) is 26.1 Å². The Morgan fingerprint density at radius 1 is 1.29 bits per heavy atom. The summed E-state index contributed by atoms with van der Waals surface area (Å²) >= 11 is 0. The summed E-state index contributed by atoms with van der Waals surface area (Å²) in [4.78, 5) is 16.9. The number of amides is 1. The summed E-state index contributed by atoms with van der Waals surface area (Å²) in [5.74, 6) is -0.197. The second kappa shape index (κ2) is 7.40. The summed E-state index contributed by atoms with van der Waals surface area (Å²) < 4.78 is 34.2. The fourth-order valence-corrected chi connectivity index (χ4v) is 5.08. The summed E-state index contributed by atoms with van der Waals surface area (Å²) in [6.07, 6.45) is 6.10. The molecule has 0 aromatic carbocycles. The molecule has 0 atom stereocenters. The lowest BCUT2D eigenvalue weighted by molar-refractivity contribution is 0.0925. The lowest BCUT2D eigenvalue weighted by atomic mass is 10.3. The van der Waals surface area contributed by atoms with Crippen LogP contribution in [0.1, 0.15) is 34.9 Å². The first-order valence-electron chi connectivity index (χ1n) is 9.26. The number of nitrogens with one attached hydrogen (secondary N) is 1. The quantitative estimate of drug-likeness (QED) is 0.680. The Morgan fingerprint density at radius 2 is 2.07 bits per heavy atom. The van der Waals surface area contributed by atoms with Crippen molar-refractivity contribution in [2.75, 3.05) is 19.6 Å². The number of nitrogens with zero attached hydrogens (tertiary/aromatic N) is 3. The van der Waals surface area contributed by atoms with Crippen molar-refractivity contribution in [1.82, 2.24) is 19.0 Å². The first-order valence-corrected chi connectivity index (χ1v) is 10.7. The molecule has 1 saturated heterocycles. The van der Waals surface area contributed by atoms with Crippen LogP contribution in [0, 0.1) is 6.92 Å². The highest BCUT2D eigenvalue weighted by molar-refractivity contribution is 7.89. The van der Waals surface area contributed by atoms with Crippen molar-refractivity contribution in [3.8, 4) is 0 Å². The maximum absolute atomic E-state index is 12.7. The van der Waals surface area contributed by atoms with Gasteiger partial charge in [-0.15, -0.1) is 0 Å². The number of furan rings is 1. The first-order chi connectivity index (χ1) is 13.4. The van der Waals surface area contributed by atoms with Crippen LogP contribution in [0.15, 0.2) is 46.0 Å². The Bertz CT molecular complexity index is 1080. The number of carbonyl (C=O) groups excluding carboxylic acids is 1. The van der Waals surface area contributed by atoms with E-state index in [1.807, 2.05) is 35.0 Å². The molecular formula is C19H22N4O4S. The third-order valence-corrected chi connectivity index (χ3v) is 6.87. The lowest BCUT2D eigenvalue weighted by Gasteiger charge is -2.14. The van der Waals surface area contributed by atoms with E-state index < -0.39 is 15.9 Å². The first kappa shape index (κ1) is 18.7. The van der Waals surface area contributed by atoms with Crippen LogP contribution in [0.2, 0.25) is 0 Å². The van der Waals surface area contributed by atoms with Gasteiger partial charge >= 0.3 is 0 Å². The van der Waals surface area contributed by atoms with Crippen LogP contribution < -0.4 is 5.32 Å². The van der Waals surface area contributed by atoms with Crippen LogP contribution in [0.3, 0.4) is 0 Å². The zero-order valence-electron chi connectivity index (χ0n) is 15.6. The molecule has 4 heterocycles. The van der Waals surface area contributed by atoms with Crippen LogP contribution in [0.5, 0.6) is 0 Å². The minimum atomic E-state index is -3.61. The molecule has 3 aromatic rings. The topological polar surface area (TPSA) is 96.9 Å². The van der Waals surface area contributed by atoms with E-state index in [2.05, 4.69) is 10.3 Å². The number of aryl methyl sites for hydroxylation is 1. The predicted molar refractivity (Wildman–Crippen MR) is 103 cm³/mol. The van der Waals surface area contributed by atoms with E-state index in [0.717, 1.165) is 24.2 Å². The highest BCUT2D eigenvalue weighted by atomic mass is 32.2. The number of fused-ring (bicyclic) bond motifs is 1. The number of hydrogen-bond acceptors (Lipinski definition) is 5. The lowest BCUT2D eigenvalue weighted by Crippen LogP contribution is -2.28. The molecule has 1 aliphatic rings. The normalized spacial score (nSPS) is 15.3. The van der Waals surface area contributed by atoms with E-state index in [4.69, 9.17) is 4.42 Å². The maximum atomic E-state index is 12.7. The minimum absolute atomic E-state index is 0.00488. The number of sulfonamides is 1. The molecule has 1 N–H and O–H groups in total. The summed E-state index contributed by atoms with van der Waals surface area (Å²) in [6, 6.07) is 7.08. The van der Waals surface area contributed by atoms with E-state index in [9.17, 15) is 13.2 Å². The molecule has 1 amide bonds. The Kier molecular flexibility index (Phi) is 4.94. The molecule has 148 valence electrons. The molecular weight excluding hydrogens is 380 g/mol. The van der Waals surface area contributed by atoms with Gasteiger partial charge in [0.1, 0.15) is 16.3 Å². The molecule has 0 spiro atoms. The van der Waals surface area contributed by atoms with Gasteiger partial charge in [0, 0.05) is 44.5 Å². The molecule has 9 heteroatoms. The van der Waals surface area contributed by atoms with Gasteiger partial charge in [0.15, 0.2) is 5.76 Å². The van der Waals surface area contributed by atoms with E-state index in [1.54, 1.807) is 6.92 Å². The van der Waals surface area contributed by atoms with Crippen molar-refractivity contribution in [2.45, 2.75) is 31.1 Å². The van der Waals surface area contributed by atoms with Crippen LogP contribution in [0.4, 0.5) is 0 Å². The smallest absolute Gasteiger partial charge is 0.287 e. The molecule has 8 nitrogen and oxygen atoms in total. The third-order valence-electron chi connectivity index (χ3n) is 4.86. The highest BCUT2D eigenvalue weighted by Gasteiger charge is 2.31. The molecule has 28 heavy (non-hydrogen) atoms. The highest BCUT2D eigenvalue weighted by Crippen LogP contribution is 2.26. The fourth-order valence-electron chi connectivity index (χ4n) is 3.40. The van der Waals surface area contributed by atoms with Crippen molar-refractivity contribution >= 4 is 21.6 Å². The molecule has 0 saturated carbocycles. The van der Waals surface area contributed by atoms with Gasteiger partial charge in [0.05, 0.1) is 5.69 Å². The zero-order chi connectivity index (χ0) is 19.7. The molecule has 4 rings (SSSR count). The predicted octanol–water partition coefficient (Wildman–Crippen LogP) is 1.99. The Balaban J connectivity index is 1.41. The van der Waals surface area contributed by atoms with Crippen molar-refractivity contribution < 1.29 is 17.6 Å². The van der Waals surface area contributed by atoms with Gasteiger partial charge < -0.3 is 14.1 Å². The minimum Gasteiger partial charge on any atom is -0.455 e. The van der Waals surface area contributed by atoms with Crippen LogP contribution in [-0.2, 0) is 16.4 Å². The Hall–Kier alpha value is -2.65. The number of rotatable bonds is 6. The molecule has 1 fully saturated rings. The van der Waals surface area contributed by atoms with Crippen molar-refractivity contribution in [3.05, 3.63) is 53.9 Å². The standard InChI is InChI=1S/C19H22N4O4S/c1-14-17(28(25,26)23-10-4-5-11-23)12-16(27-14)19(24)20-8-7-15-13-22-9-3-2-6-18(22)21-15/h2-3,6,9,12-13H,4-5,7-8,10-11H2,1H3,(H,20,24). The number of aromatic nitrogens is 2. The summed E-state index contributed by atoms with van der Waals surface area (Å²) in [7, 11) is -3.61. The fraction of sp³-hybridized carbons (Fsp3) is 0.368. The van der Waals surface area contributed by atoms with Gasteiger partial charge in [-0.1, -0.05) is 6.07 Å². The number of carbonyl (C=O) groups is 1. The number of imidazole rings is 1. The monoisotopic (exact) mass is 402 g/mol. The maximum Gasteiger partial charge on any atom is 0.287 e. The van der Waals surface area contributed by atoms with Crippen LogP contribution >= 0.6 is 0 Å². The van der Waals surface area contributed by atoms with Gasteiger partial charge in [-0.2, -0.15) is 4.31 Å². The second-order valence-corrected chi connectivity index (χ2v) is 8.75. The zero-order valence-corrected chi connectivity index (χ0v) is 16.4. The van der Waals surface area contributed by atoms with Gasteiger partial charge in [-0.25, -0.2) is 13.4 Å². The number of pyridine rings is 1. The SMILES string of the molecule is Cc1oc(C(=O)NCCc2cn3ccccc3n2)cc1S(=O)(=O)N1CCCC1. The summed E-state index contributed by atoms with van der Waals surface area (Å²) in [5.41, 5.74) is 1.71. The number of hydrogen-bond donors (Lipinski definition) is 1. The average Bonchev–Trinajstić information content (AvgIpc) is 3.40. The molecule has 0 aliphatic carbocycles. The largest absolute Gasteiger partial charge is 0.455 e. The van der Waals surface area contributed by atoms with E-state index in [1.165, 1.54) is 10.4 Å². The third kappa shape index (κ3) is 3.55. The Morgan fingerprint density at radius 3 is 2.82 bits per heavy atom. The molecule has 0 unspecified atom stereocenters. The average molecular weight is 402 g/mol. The van der Waals surface area contributed by atoms with Gasteiger partial charge in [0.2, 0.25) is 10.0 Å². The van der Waals surface area contributed by atoms with Crippen molar-refractivity contribution in [2.24, 2.45) is 0 Å². The van der Waals surface area contributed by atoms with Gasteiger partial charge in [-0.05, 0) is 31.9 Å². The van der Waals surface area contributed by atoms with Crippen molar-refractivity contribution in [1.29, 1.82) is 0 Å². The van der Waals surface area contributed by atoms with E-state index >= 15 is 0 Å². The van der Waals surface area contributed by atoms with Crippen LogP contribution in [-0.4, -0.2) is 47.6 Å². The molecule has 0 bridgehead atoms. The summed E-state index contributed by atoms with van der Waals surface area (Å²) in [6.45, 7) is 2.95. The second-order valence-electron chi connectivity index (χ2n) is 6.85. The van der Waals surface area contributed by atoms with Crippen molar-refractivity contribution in [3.63, 3.8) is 0 Å². The van der Waals surface area contributed by atoms with Gasteiger partial charge in [0.25, 0.3) is 5.91 Å².